The Bertz CT molecular complexity index is 1970. The smallest absolute Gasteiger partial charge is 0.382 e. The molecule has 0 aliphatic rings. The third-order valence-electron chi connectivity index (χ3n) is 6.48. The summed E-state index contributed by atoms with van der Waals surface area (Å²) in [5.74, 6) is -1.89. The van der Waals surface area contributed by atoms with Crippen molar-refractivity contribution < 1.29 is 31.1 Å². The van der Waals surface area contributed by atoms with Gasteiger partial charge in [-0.2, -0.15) is 31.7 Å². The SMILES string of the molecule is Cc1ncc2c(N)nc3cc(F)c(C(=O)N(Cc4cn5cc(C(F)(F)F)ccc5n4)c4ccnn4C(F)F)cc3n12. The first-order valence-corrected chi connectivity index (χ1v) is 11.8. The van der Waals surface area contributed by atoms with E-state index in [1.165, 1.54) is 18.5 Å². The highest BCUT2D eigenvalue weighted by molar-refractivity contribution is 6.07. The molecule has 1 aromatic carbocycles. The number of fused-ring (bicyclic) bond motifs is 4. The van der Waals surface area contributed by atoms with Crippen LogP contribution in [0.1, 0.15) is 34.0 Å². The number of benzene rings is 1. The number of aryl methyl sites for hydroxylation is 1. The van der Waals surface area contributed by atoms with Gasteiger partial charge in [-0.25, -0.2) is 19.3 Å². The van der Waals surface area contributed by atoms with Crippen molar-refractivity contribution in [3.8, 4) is 0 Å². The van der Waals surface area contributed by atoms with E-state index < -0.39 is 47.9 Å². The number of aromatic nitrogens is 7. The Morgan fingerprint density at radius 2 is 1.88 bits per heavy atom. The second-order valence-electron chi connectivity index (χ2n) is 9.06. The Morgan fingerprint density at radius 3 is 2.61 bits per heavy atom. The number of hydrogen-bond donors (Lipinski definition) is 1. The van der Waals surface area contributed by atoms with Crippen LogP contribution in [0, 0.1) is 12.7 Å². The van der Waals surface area contributed by atoms with Gasteiger partial charge in [0.15, 0.2) is 0 Å². The van der Waals surface area contributed by atoms with Crippen LogP contribution in [0.4, 0.5) is 38.0 Å². The lowest BCUT2D eigenvalue weighted by atomic mass is 10.1. The summed E-state index contributed by atoms with van der Waals surface area (Å²) in [5.41, 5.74) is 5.51. The molecule has 5 aromatic heterocycles. The lowest BCUT2D eigenvalue weighted by Crippen LogP contribution is -2.33. The standard InChI is InChI=1S/C25H17F6N9O/c1-12-33-8-19-22(32)36-17-7-16(26)15(6-18(17)39(12)19)23(41)38(21-4-5-34-40(21)24(27)28)11-14-10-37-9-13(25(29,30)31)2-3-20(37)35-14/h2-10,24H,11H2,1H3,(H2,32,36). The van der Waals surface area contributed by atoms with E-state index >= 15 is 4.39 Å². The molecule has 0 unspecified atom stereocenters. The summed E-state index contributed by atoms with van der Waals surface area (Å²) in [4.78, 5) is 27.3. The number of hydrogen-bond acceptors (Lipinski definition) is 6. The molecule has 2 N–H and O–H groups in total. The number of imidazole rings is 2. The quantitative estimate of drug-likeness (QED) is 0.290. The lowest BCUT2D eigenvalue weighted by molar-refractivity contribution is -0.137. The fourth-order valence-corrected chi connectivity index (χ4v) is 4.62. The fourth-order valence-electron chi connectivity index (χ4n) is 4.62. The van der Waals surface area contributed by atoms with E-state index in [1.54, 1.807) is 11.3 Å². The van der Waals surface area contributed by atoms with Gasteiger partial charge in [-0.05, 0) is 25.1 Å². The molecule has 0 bridgehead atoms. The Labute approximate surface area is 225 Å². The van der Waals surface area contributed by atoms with E-state index in [0.717, 1.165) is 46.0 Å². The highest BCUT2D eigenvalue weighted by Crippen LogP contribution is 2.31. The number of nitrogens with two attached hydrogens (primary N) is 1. The minimum atomic E-state index is -4.61. The normalized spacial score (nSPS) is 12.3. The first-order chi connectivity index (χ1) is 19.4. The number of carbonyl (C=O) groups is 1. The van der Waals surface area contributed by atoms with E-state index in [1.807, 2.05) is 0 Å². The number of carbonyl (C=O) groups excluding carboxylic acids is 1. The molecule has 0 saturated carbocycles. The van der Waals surface area contributed by atoms with E-state index in [-0.39, 0.29) is 32.9 Å². The van der Waals surface area contributed by atoms with Crippen molar-refractivity contribution in [1.29, 1.82) is 0 Å². The van der Waals surface area contributed by atoms with Crippen LogP contribution in [0.3, 0.4) is 0 Å². The predicted octanol–water partition coefficient (Wildman–Crippen LogP) is 5.02. The van der Waals surface area contributed by atoms with E-state index in [4.69, 9.17) is 5.73 Å². The van der Waals surface area contributed by atoms with Crippen molar-refractivity contribution in [2.75, 3.05) is 10.6 Å². The van der Waals surface area contributed by atoms with Crippen molar-refractivity contribution in [1.82, 2.24) is 33.5 Å². The Balaban J connectivity index is 1.48. The van der Waals surface area contributed by atoms with Crippen molar-refractivity contribution >= 4 is 39.7 Å². The molecular formula is C25H17F6N9O. The highest BCUT2D eigenvalue weighted by atomic mass is 19.4. The monoisotopic (exact) mass is 573 g/mol. The van der Waals surface area contributed by atoms with Crippen LogP contribution in [0.25, 0.3) is 22.2 Å². The molecule has 0 aliphatic carbocycles. The van der Waals surface area contributed by atoms with Gasteiger partial charge in [0.25, 0.3) is 5.91 Å². The molecule has 5 heterocycles. The summed E-state index contributed by atoms with van der Waals surface area (Å²) >= 11 is 0. The molecule has 0 spiro atoms. The van der Waals surface area contributed by atoms with Crippen LogP contribution in [-0.4, -0.2) is 39.4 Å². The van der Waals surface area contributed by atoms with E-state index in [2.05, 4.69) is 20.1 Å². The Kier molecular flexibility index (Phi) is 5.86. The van der Waals surface area contributed by atoms with Gasteiger partial charge < -0.3 is 10.1 Å². The van der Waals surface area contributed by atoms with Gasteiger partial charge in [0, 0.05) is 24.5 Å². The number of halogens is 6. The van der Waals surface area contributed by atoms with Crippen LogP contribution < -0.4 is 10.6 Å². The number of amides is 1. The predicted molar refractivity (Wildman–Crippen MR) is 134 cm³/mol. The van der Waals surface area contributed by atoms with Gasteiger partial charge in [-0.15, -0.1) is 0 Å². The zero-order chi connectivity index (χ0) is 29.2. The minimum Gasteiger partial charge on any atom is -0.382 e. The largest absolute Gasteiger partial charge is 0.417 e. The third kappa shape index (κ3) is 4.36. The molecule has 0 atom stereocenters. The highest BCUT2D eigenvalue weighted by Gasteiger charge is 2.31. The van der Waals surface area contributed by atoms with Crippen molar-refractivity contribution in [3.63, 3.8) is 0 Å². The molecule has 41 heavy (non-hydrogen) atoms. The van der Waals surface area contributed by atoms with Crippen molar-refractivity contribution in [3.05, 3.63) is 83.6 Å². The zero-order valence-corrected chi connectivity index (χ0v) is 20.8. The Hall–Kier alpha value is -5.15. The summed E-state index contributed by atoms with van der Waals surface area (Å²) in [5, 5.41) is 3.56. The van der Waals surface area contributed by atoms with Crippen molar-refractivity contribution in [2.24, 2.45) is 0 Å². The zero-order valence-electron chi connectivity index (χ0n) is 20.8. The number of nitrogens with zero attached hydrogens (tertiary/aromatic N) is 8. The molecule has 10 nitrogen and oxygen atoms in total. The number of pyridine rings is 1. The maximum absolute atomic E-state index is 15.4. The average Bonchev–Trinajstić information content (AvgIpc) is 3.64. The van der Waals surface area contributed by atoms with E-state index in [0.29, 0.717) is 11.3 Å². The Morgan fingerprint density at radius 1 is 1.10 bits per heavy atom. The van der Waals surface area contributed by atoms with Crippen LogP contribution >= 0.6 is 0 Å². The van der Waals surface area contributed by atoms with Crippen LogP contribution in [-0.2, 0) is 12.7 Å². The first-order valence-electron chi connectivity index (χ1n) is 11.8. The van der Waals surface area contributed by atoms with Gasteiger partial charge >= 0.3 is 12.7 Å². The van der Waals surface area contributed by atoms with Gasteiger partial charge in [0.2, 0.25) is 0 Å². The van der Waals surface area contributed by atoms with Gasteiger partial charge in [-0.3, -0.25) is 14.1 Å². The number of anilines is 2. The lowest BCUT2D eigenvalue weighted by Gasteiger charge is -2.23. The summed E-state index contributed by atoms with van der Waals surface area (Å²) in [7, 11) is 0. The third-order valence-corrected chi connectivity index (χ3v) is 6.48. The first kappa shape index (κ1) is 26.1. The average molecular weight is 573 g/mol. The molecule has 0 radical (unpaired) electrons. The molecule has 6 aromatic rings. The second-order valence-corrected chi connectivity index (χ2v) is 9.06. The van der Waals surface area contributed by atoms with Crippen molar-refractivity contribution in [2.45, 2.75) is 26.2 Å². The molecule has 16 heteroatoms. The van der Waals surface area contributed by atoms with Crippen LogP contribution in [0.15, 0.2) is 55.1 Å². The maximum Gasteiger partial charge on any atom is 0.417 e. The second kappa shape index (κ2) is 9.21. The molecular weight excluding hydrogens is 556 g/mol. The summed E-state index contributed by atoms with van der Waals surface area (Å²) in [6, 6.07) is 5.29. The molecule has 0 saturated heterocycles. The van der Waals surface area contributed by atoms with Crippen LogP contribution in [0.5, 0.6) is 0 Å². The molecule has 0 aliphatic heterocycles. The minimum absolute atomic E-state index is 0.0446. The summed E-state index contributed by atoms with van der Waals surface area (Å²) < 4.78 is 85.5. The summed E-state index contributed by atoms with van der Waals surface area (Å²) in [6.07, 6.45) is -0.0972. The summed E-state index contributed by atoms with van der Waals surface area (Å²) in [6.45, 7) is -2.00. The molecule has 6 rings (SSSR count). The van der Waals surface area contributed by atoms with Crippen LogP contribution in [0.2, 0.25) is 0 Å². The number of nitrogen functional groups attached to an aromatic ring is 1. The topological polar surface area (TPSA) is 112 Å². The molecule has 210 valence electrons. The molecule has 1 amide bonds. The fraction of sp³-hybridized carbons (Fsp3) is 0.160. The van der Waals surface area contributed by atoms with E-state index in [9.17, 15) is 26.7 Å². The van der Waals surface area contributed by atoms with Gasteiger partial charge in [0.1, 0.15) is 34.4 Å². The number of alkyl halides is 5. The molecule has 0 fully saturated rings. The van der Waals surface area contributed by atoms with Gasteiger partial charge in [-0.1, -0.05) is 0 Å². The number of rotatable bonds is 5. The maximum atomic E-state index is 15.4. The van der Waals surface area contributed by atoms with Gasteiger partial charge in [0.05, 0.1) is 46.8 Å².